The lowest BCUT2D eigenvalue weighted by Crippen LogP contribution is -2.40. The topological polar surface area (TPSA) is 72.6 Å². The van der Waals surface area contributed by atoms with Crippen LogP contribution < -0.4 is 5.73 Å². The maximum absolute atomic E-state index is 11.4. The lowest BCUT2D eigenvalue weighted by Gasteiger charge is -2.22. The Morgan fingerprint density at radius 2 is 2.07 bits per heavy atom. The second kappa shape index (κ2) is 6.37. The van der Waals surface area contributed by atoms with Gasteiger partial charge in [-0.1, -0.05) is 0 Å². The second-order valence-electron chi connectivity index (χ2n) is 3.10. The third-order valence-corrected chi connectivity index (χ3v) is 2.11. The molecule has 0 unspecified atom stereocenters. The third kappa shape index (κ3) is 3.74. The molecule has 5 heteroatoms. The van der Waals surface area contributed by atoms with Gasteiger partial charge in [-0.3, -0.25) is 4.79 Å². The zero-order chi connectivity index (χ0) is 11.1. The smallest absolute Gasteiger partial charge is 0.328 e. The molecule has 0 aliphatic heterocycles. The quantitative estimate of drug-likeness (QED) is 0.624. The van der Waals surface area contributed by atoms with E-state index in [1.165, 1.54) is 12.0 Å². The van der Waals surface area contributed by atoms with Crippen molar-refractivity contribution in [2.45, 2.75) is 25.8 Å². The molecule has 82 valence electrons. The average molecular weight is 202 g/mol. The Morgan fingerprint density at radius 3 is 2.50 bits per heavy atom. The summed E-state index contributed by atoms with van der Waals surface area (Å²) in [4.78, 5) is 23.9. The Morgan fingerprint density at radius 1 is 1.50 bits per heavy atom. The highest BCUT2D eigenvalue weighted by Crippen LogP contribution is 2.02. The van der Waals surface area contributed by atoms with Crippen molar-refractivity contribution in [3.63, 3.8) is 0 Å². The summed E-state index contributed by atoms with van der Waals surface area (Å²) >= 11 is 0. The summed E-state index contributed by atoms with van der Waals surface area (Å²) in [5.41, 5.74) is 5.28. The number of esters is 1. The van der Waals surface area contributed by atoms with Gasteiger partial charge in [-0.15, -0.1) is 0 Å². The van der Waals surface area contributed by atoms with Crippen LogP contribution in [0.15, 0.2) is 0 Å². The molecule has 2 N–H and O–H groups in total. The first-order chi connectivity index (χ1) is 6.54. The number of hydrogen-bond donors (Lipinski definition) is 1. The molecular formula is C9H18N2O3. The molecule has 1 amide bonds. The van der Waals surface area contributed by atoms with Gasteiger partial charge < -0.3 is 15.4 Å². The molecule has 0 rings (SSSR count). The first kappa shape index (κ1) is 12.9. The molecule has 0 radical (unpaired) electrons. The SMILES string of the molecule is COC(=O)[C@H](C)N(C)C(=O)CCCN. The first-order valence-electron chi connectivity index (χ1n) is 4.58. The number of carbonyl (C=O) groups is 2. The number of methoxy groups -OCH3 is 1. The molecule has 0 aromatic carbocycles. The van der Waals surface area contributed by atoms with Gasteiger partial charge in [-0.2, -0.15) is 0 Å². The summed E-state index contributed by atoms with van der Waals surface area (Å²) in [5.74, 6) is -0.498. The van der Waals surface area contributed by atoms with E-state index in [1.807, 2.05) is 0 Å². The zero-order valence-corrected chi connectivity index (χ0v) is 8.95. The molecule has 0 bridgehead atoms. The second-order valence-corrected chi connectivity index (χ2v) is 3.10. The molecule has 5 nitrogen and oxygen atoms in total. The van der Waals surface area contributed by atoms with Crippen LogP contribution >= 0.6 is 0 Å². The number of likely N-dealkylation sites (N-methyl/N-ethyl adjacent to an activating group) is 1. The van der Waals surface area contributed by atoms with Gasteiger partial charge in [-0.05, 0) is 19.9 Å². The van der Waals surface area contributed by atoms with E-state index >= 15 is 0 Å². The minimum absolute atomic E-state index is 0.0895. The molecule has 14 heavy (non-hydrogen) atoms. The van der Waals surface area contributed by atoms with Crippen LogP contribution in [0.3, 0.4) is 0 Å². The van der Waals surface area contributed by atoms with Gasteiger partial charge in [0.2, 0.25) is 5.91 Å². The van der Waals surface area contributed by atoms with E-state index in [2.05, 4.69) is 4.74 Å². The number of ether oxygens (including phenoxy) is 1. The normalized spacial score (nSPS) is 12.0. The van der Waals surface area contributed by atoms with E-state index in [-0.39, 0.29) is 5.91 Å². The fourth-order valence-corrected chi connectivity index (χ4v) is 0.974. The van der Waals surface area contributed by atoms with Crippen molar-refractivity contribution in [2.75, 3.05) is 20.7 Å². The third-order valence-electron chi connectivity index (χ3n) is 2.11. The summed E-state index contributed by atoms with van der Waals surface area (Å²) < 4.78 is 4.53. The molecule has 0 aliphatic carbocycles. The van der Waals surface area contributed by atoms with Crippen molar-refractivity contribution in [1.82, 2.24) is 4.90 Å². The summed E-state index contributed by atoms with van der Waals surface area (Å²) in [6.45, 7) is 2.11. The van der Waals surface area contributed by atoms with Gasteiger partial charge >= 0.3 is 5.97 Å². The fourth-order valence-electron chi connectivity index (χ4n) is 0.974. The number of nitrogens with zero attached hydrogens (tertiary/aromatic N) is 1. The lowest BCUT2D eigenvalue weighted by molar-refractivity contribution is -0.151. The largest absolute Gasteiger partial charge is 0.467 e. The number of rotatable bonds is 5. The summed E-state index contributed by atoms with van der Waals surface area (Å²) in [7, 11) is 2.89. The molecule has 0 saturated heterocycles. The Balaban J connectivity index is 4.10. The summed E-state index contributed by atoms with van der Waals surface area (Å²) in [6, 6.07) is -0.537. The van der Waals surface area contributed by atoms with Crippen molar-refractivity contribution in [1.29, 1.82) is 0 Å². The van der Waals surface area contributed by atoms with Crippen LogP contribution in [-0.2, 0) is 14.3 Å². The van der Waals surface area contributed by atoms with E-state index in [0.717, 1.165) is 0 Å². The highest BCUT2D eigenvalue weighted by molar-refractivity contribution is 5.83. The molecule has 0 aromatic heterocycles. The van der Waals surface area contributed by atoms with Crippen LogP contribution in [0.4, 0.5) is 0 Å². The van der Waals surface area contributed by atoms with Gasteiger partial charge in [-0.25, -0.2) is 4.79 Å². The Kier molecular flexibility index (Phi) is 5.87. The highest BCUT2D eigenvalue weighted by Gasteiger charge is 2.22. The summed E-state index contributed by atoms with van der Waals surface area (Å²) in [5, 5.41) is 0. The Bertz CT molecular complexity index is 206. The van der Waals surface area contributed by atoms with Crippen molar-refractivity contribution in [2.24, 2.45) is 5.73 Å². The van der Waals surface area contributed by atoms with Crippen molar-refractivity contribution >= 4 is 11.9 Å². The molecule has 0 saturated carbocycles. The van der Waals surface area contributed by atoms with Crippen LogP contribution in [0.1, 0.15) is 19.8 Å². The monoisotopic (exact) mass is 202 g/mol. The van der Waals surface area contributed by atoms with Gasteiger partial charge in [0.25, 0.3) is 0 Å². The van der Waals surface area contributed by atoms with Gasteiger partial charge in [0.05, 0.1) is 7.11 Å². The Hall–Kier alpha value is -1.10. The lowest BCUT2D eigenvalue weighted by atomic mass is 10.2. The average Bonchev–Trinajstić information content (AvgIpc) is 2.22. The minimum Gasteiger partial charge on any atom is -0.467 e. The number of hydrogen-bond acceptors (Lipinski definition) is 4. The van der Waals surface area contributed by atoms with Crippen LogP contribution in [0.5, 0.6) is 0 Å². The molecule has 0 aliphatic rings. The molecule has 0 aromatic rings. The molecular weight excluding hydrogens is 184 g/mol. The highest BCUT2D eigenvalue weighted by atomic mass is 16.5. The maximum Gasteiger partial charge on any atom is 0.328 e. The van der Waals surface area contributed by atoms with Crippen molar-refractivity contribution in [3.05, 3.63) is 0 Å². The number of carbonyl (C=O) groups excluding carboxylic acids is 2. The molecule has 0 heterocycles. The van der Waals surface area contributed by atoms with E-state index in [0.29, 0.717) is 19.4 Å². The van der Waals surface area contributed by atoms with E-state index in [9.17, 15) is 9.59 Å². The van der Waals surface area contributed by atoms with Crippen molar-refractivity contribution in [3.8, 4) is 0 Å². The Labute approximate surface area is 84.2 Å². The maximum atomic E-state index is 11.4. The predicted octanol–water partition coefficient (Wildman–Crippen LogP) is -0.255. The van der Waals surface area contributed by atoms with Crippen LogP contribution in [0.2, 0.25) is 0 Å². The van der Waals surface area contributed by atoms with Crippen LogP contribution in [-0.4, -0.2) is 43.5 Å². The molecule has 0 spiro atoms. The van der Waals surface area contributed by atoms with E-state index in [4.69, 9.17) is 5.73 Å². The number of nitrogens with two attached hydrogens (primary N) is 1. The van der Waals surface area contributed by atoms with Crippen LogP contribution in [0, 0.1) is 0 Å². The standard InChI is InChI=1S/C9H18N2O3/c1-7(9(13)14-3)11(2)8(12)5-4-6-10/h7H,4-6,10H2,1-3H3/t7-/m0/s1. The minimum atomic E-state index is -0.537. The van der Waals surface area contributed by atoms with E-state index in [1.54, 1.807) is 14.0 Å². The van der Waals surface area contributed by atoms with Gasteiger partial charge in [0, 0.05) is 13.5 Å². The zero-order valence-electron chi connectivity index (χ0n) is 8.95. The van der Waals surface area contributed by atoms with Gasteiger partial charge in [0.15, 0.2) is 0 Å². The van der Waals surface area contributed by atoms with Gasteiger partial charge in [0.1, 0.15) is 6.04 Å². The fraction of sp³-hybridized carbons (Fsp3) is 0.778. The van der Waals surface area contributed by atoms with Crippen molar-refractivity contribution < 1.29 is 14.3 Å². The van der Waals surface area contributed by atoms with E-state index < -0.39 is 12.0 Å². The predicted molar refractivity (Wildman–Crippen MR) is 52.5 cm³/mol. The molecule has 0 fully saturated rings. The van der Waals surface area contributed by atoms with Crippen LogP contribution in [0.25, 0.3) is 0 Å². The number of amides is 1. The molecule has 1 atom stereocenters. The summed E-state index contributed by atoms with van der Waals surface area (Å²) in [6.07, 6.45) is 1.01. The first-order valence-corrected chi connectivity index (χ1v) is 4.58.